The highest BCUT2D eigenvalue weighted by Crippen LogP contribution is 2.44. The number of carbonyl (C=O) groups is 3. The molecule has 2 amide bonds. The third kappa shape index (κ3) is 7.21. The Labute approximate surface area is 200 Å². The molecule has 2 aromatic carbocycles. The van der Waals surface area contributed by atoms with Crippen molar-refractivity contribution in [2.45, 2.75) is 50.2 Å². The molecule has 35 heavy (non-hydrogen) atoms. The summed E-state index contributed by atoms with van der Waals surface area (Å²) in [4.78, 5) is 34.7. The van der Waals surface area contributed by atoms with E-state index >= 15 is 0 Å². The largest absolute Gasteiger partial charge is 0.481 e. The number of fused-ring (bicyclic) bond motifs is 3. The van der Waals surface area contributed by atoms with E-state index in [9.17, 15) is 27.6 Å². The highest BCUT2D eigenvalue weighted by molar-refractivity contribution is 5.79. The lowest BCUT2D eigenvalue weighted by Gasteiger charge is -2.22. The Morgan fingerprint density at radius 3 is 2.11 bits per heavy atom. The number of aliphatic carboxylic acids is 1. The molecule has 0 spiro atoms. The van der Waals surface area contributed by atoms with Gasteiger partial charge in [0, 0.05) is 18.9 Å². The van der Waals surface area contributed by atoms with Gasteiger partial charge < -0.3 is 20.5 Å². The van der Waals surface area contributed by atoms with Crippen LogP contribution >= 0.6 is 0 Å². The van der Waals surface area contributed by atoms with Gasteiger partial charge in [0.25, 0.3) is 0 Å². The van der Waals surface area contributed by atoms with Crippen LogP contribution in [0.3, 0.4) is 0 Å². The number of rotatable bonds is 11. The van der Waals surface area contributed by atoms with Gasteiger partial charge >= 0.3 is 18.2 Å². The maximum Gasteiger partial charge on any atom is 0.409 e. The topological polar surface area (TPSA) is 105 Å². The molecule has 0 saturated carbocycles. The van der Waals surface area contributed by atoms with E-state index < -0.39 is 36.6 Å². The van der Waals surface area contributed by atoms with E-state index in [4.69, 9.17) is 9.84 Å². The van der Waals surface area contributed by atoms with Gasteiger partial charge in [-0.2, -0.15) is 13.2 Å². The summed E-state index contributed by atoms with van der Waals surface area (Å²) in [5.74, 6) is -2.10. The Bertz CT molecular complexity index is 1010. The van der Waals surface area contributed by atoms with Crippen LogP contribution in [0.15, 0.2) is 48.5 Å². The highest BCUT2D eigenvalue weighted by atomic mass is 19.4. The second kappa shape index (κ2) is 11.7. The third-order valence-electron chi connectivity index (χ3n) is 5.81. The van der Waals surface area contributed by atoms with Crippen LogP contribution in [0, 0.1) is 0 Å². The van der Waals surface area contributed by atoms with Crippen molar-refractivity contribution in [3.05, 3.63) is 59.7 Å². The normalized spacial score (nSPS) is 13.5. The molecule has 0 aliphatic heterocycles. The van der Waals surface area contributed by atoms with Crippen LogP contribution in [0.1, 0.15) is 49.1 Å². The van der Waals surface area contributed by atoms with Gasteiger partial charge in [-0.25, -0.2) is 4.79 Å². The zero-order valence-electron chi connectivity index (χ0n) is 18.9. The number of hydrogen-bond acceptors (Lipinski definition) is 4. The van der Waals surface area contributed by atoms with Gasteiger partial charge in [-0.05, 0) is 35.1 Å². The number of carboxylic acids is 1. The lowest BCUT2D eigenvalue weighted by molar-refractivity contribution is -0.160. The lowest BCUT2D eigenvalue weighted by atomic mass is 9.98. The molecule has 3 rings (SSSR count). The highest BCUT2D eigenvalue weighted by Gasteiger charge is 2.42. The van der Waals surface area contributed by atoms with Crippen LogP contribution in [0.2, 0.25) is 0 Å². The molecule has 0 heterocycles. The number of amides is 2. The van der Waals surface area contributed by atoms with Crippen molar-refractivity contribution in [2.24, 2.45) is 0 Å². The summed E-state index contributed by atoms with van der Waals surface area (Å²) in [5.41, 5.74) is 3.84. The van der Waals surface area contributed by atoms with Crippen molar-refractivity contribution in [1.82, 2.24) is 10.6 Å². The molecule has 10 heteroatoms. The van der Waals surface area contributed by atoms with Crippen LogP contribution < -0.4 is 10.6 Å². The van der Waals surface area contributed by atoms with Crippen LogP contribution in [0.25, 0.3) is 11.1 Å². The van der Waals surface area contributed by atoms with Gasteiger partial charge in [0.05, 0.1) is 6.42 Å². The standard InChI is InChI=1S/C25H27F3N2O5/c26-25(27,28)21(14-22(31)29-13-7-1-2-12-23(32)33)30-24(34)35-15-20-18-10-5-3-8-16(18)17-9-4-6-11-19(17)20/h3-6,8-11,20-21H,1-2,7,12-15H2,(H,29,31)(H,30,34)(H,32,33). The molecule has 1 aliphatic carbocycles. The van der Waals surface area contributed by atoms with E-state index in [1.165, 1.54) is 0 Å². The summed E-state index contributed by atoms with van der Waals surface area (Å²) in [6.45, 7) is -0.0268. The van der Waals surface area contributed by atoms with E-state index in [0.29, 0.717) is 19.3 Å². The minimum absolute atomic E-state index is 0.00580. The van der Waals surface area contributed by atoms with Crippen molar-refractivity contribution in [1.29, 1.82) is 0 Å². The fourth-order valence-corrected chi connectivity index (χ4v) is 4.09. The SMILES string of the molecule is O=C(O)CCCCCNC(=O)CC(NC(=O)OCC1c2ccccc2-c2ccccc21)C(F)(F)F. The minimum Gasteiger partial charge on any atom is -0.481 e. The van der Waals surface area contributed by atoms with Gasteiger partial charge in [-0.1, -0.05) is 55.0 Å². The molecule has 1 atom stereocenters. The predicted molar refractivity (Wildman–Crippen MR) is 122 cm³/mol. The van der Waals surface area contributed by atoms with Gasteiger partial charge in [0.1, 0.15) is 12.6 Å². The zero-order valence-corrected chi connectivity index (χ0v) is 18.9. The molecule has 0 bridgehead atoms. The zero-order chi connectivity index (χ0) is 25.4. The Kier molecular flexibility index (Phi) is 8.73. The quantitative estimate of drug-likeness (QED) is 0.398. The summed E-state index contributed by atoms with van der Waals surface area (Å²) in [5, 5.41) is 12.7. The number of carboxylic acid groups (broad SMARTS) is 1. The molecule has 0 aromatic heterocycles. The molecule has 3 N–H and O–H groups in total. The number of alkyl carbamates (subject to hydrolysis) is 1. The monoisotopic (exact) mass is 492 g/mol. The van der Waals surface area contributed by atoms with Crippen LogP contribution in [-0.2, 0) is 14.3 Å². The van der Waals surface area contributed by atoms with E-state index in [1.54, 1.807) is 5.32 Å². The van der Waals surface area contributed by atoms with Gasteiger partial charge in [0.15, 0.2) is 0 Å². The summed E-state index contributed by atoms with van der Waals surface area (Å²) < 4.78 is 45.5. The molecule has 1 unspecified atom stereocenters. The number of unbranched alkanes of at least 4 members (excludes halogenated alkanes) is 2. The van der Waals surface area contributed by atoms with E-state index in [2.05, 4.69) is 5.32 Å². The Morgan fingerprint density at radius 1 is 0.943 bits per heavy atom. The molecular weight excluding hydrogens is 465 g/mol. The molecule has 7 nitrogen and oxygen atoms in total. The van der Waals surface area contributed by atoms with E-state index in [0.717, 1.165) is 22.3 Å². The van der Waals surface area contributed by atoms with Gasteiger partial charge in [0.2, 0.25) is 5.91 Å². The van der Waals surface area contributed by atoms with Gasteiger partial charge in [-0.15, -0.1) is 0 Å². The van der Waals surface area contributed by atoms with Gasteiger partial charge in [-0.3, -0.25) is 9.59 Å². The second-order valence-corrected chi connectivity index (χ2v) is 8.32. The maximum atomic E-state index is 13.4. The molecular formula is C25H27F3N2O5. The Morgan fingerprint density at radius 2 is 1.54 bits per heavy atom. The number of alkyl halides is 3. The first-order valence-corrected chi connectivity index (χ1v) is 11.3. The number of halogens is 3. The third-order valence-corrected chi connectivity index (χ3v) is 5.81. The molecule has 0 saturated heterocycles. The van der Waals surface area contributed by atoms with Crippen molar-refractivity contribution >= 4 is 18.0 Å². The molecule has 1 aliphatic rings. The van der Waals surface area contributed by atoms with Crippen molar-refractivity contribution in [2.75, 3.05) is 13.2 Å². The van der Waals surface area contributed by atoms with Crippen LogP contribution in [-0.4, -0.2) is 48.4 Å². The Balaban J connectivity index is 1.51. The van der Waals surface area contributed by atoms with Crippen molar-refractivity contribution in [3.8, 4) is 11.1 Å². The lowest BCUT2D eigenvalue weighted by Crippen LogP contribution is -2.48. The van der Waals surface area contributed by atoms with Crippen LogP contribution in [0.5, 0.6) is 0 Å². The fourth-order valence-electron chi connectivity index (χ4n) is 4.09. The summed E-state index contributed by atoms with van der Waals surface area (Å²) in [6, 6.07) is 12.8. The summed E-state index contributed by atoms with van der Waals surface area (Å²) in [6.07, 6.45) is -5.71. The molecule has 188 valence electrons. The number of hydrogen-bond donors (Lipinski definition) is 3. The van der Waals surface area contributed by atoms with E-state index in [1.807, 2.05) is 48.5 Å². The van der Waals surface area contributed by atoms with E-state index in [-0.39, 0.29) is 25.5 Å². The smallest absolute Gasteiger partial charge is 0.409 e. The van der Waals surface area contributed by atoms with Crippen molar-refractivity contribution < 1.29 is 37.4 Å². The van der Waals surface area contributed by atoms with Crippen molar-refractivity contribution in [3.63, 3.8) is 0 Å². The number of carbonyl (C=O) groups excluding carboxylic acids is 2. The fraction of sp³-hybridized carbons (Fsp3) is 0.400. The first kappa shape index (κ1) is 26.1. The second-order valence-electron chi connectivity index (χ2n) is 8.32. The number of nitrogens with one attached hydrogen (secondary N) is 2. The first-order chi connectivity index (χ1) is 16.7. The predicted octanol–water partition coefficient (Wildman–Crippen LogP) is 4.61. The minimum atomic E-state index is -4.84. The first-order valence-electron chi connectivity index (χ1n) is 11.3. The maximum absolute atomic E-state index is 13.4. The Hall–Kier alpha value is -3.56. The molecule has 2 aromatic rings. The average molecular weight is 492 g/mol. The summed E-state index contributed by atoms with van der Waals surface area (Å²) >= 11 is 0. The van der Waals surface area contributed by atoms with Crippen LogP contribution in [0.4, 0.5) is 18.0 Å². The number of benzene rings is 2. The number of ether oxygens (including phenoxy) is 1. The average Bonchev–Trinajstić information content (AvgIpc) is 3.12. The summed E-state index contributed by atoms with van der Waals surface area (Å²) in [7, 11) is 0. The molecule has 0 radical (unpaired) electrons. The molecule has 0 fully saturated rings.